The predicted molar refractivity (Wildman–Crippen MR) is 85.2 cm³/mol. The summed E-state index contributed by atoms with van der Waals surface area (Å²) in [5, 5.41) is 8.93. The normalized spacial score (nSPS) is 24.2. The summed E-state index contributed by atoms with van der Waals surface area (Å²) in [5.74, 6) is 1.71. The SMILES string of the molecule is CCNC(Cc1c(C)nn(C)c1Cl)C1CCC(CC)C1. The Hall–Kier alpha value is -0.540. The topological polar surface area (TPSA) is 29.9 Å². The summed E-state index contributed by atoms with van der Waals surface area (Å²) in [6.45, 7) is 7.59. The predicted octanol–water partition coefficient (Wildman–Crippen LogP) is 3.73. The van der Waals surface area contributed by atoms with Gasteiger partial charge in [0.25, 0.3) is 0 Å². The van der Waals surface area contributed by atoms with Crippen LogP contribution in [-0.2, 0) is 13.5 Å². The summed E-state index contributed by atoms with van der Waals surface area (Å²) < 4.78 is 1.79. The lowest BCUT2D eigenvalue weighted by molar-refractivity contribution is 0.348. The Balaban J connectivity index is 2.09. The largest absolute Gasteiger partial charge is 0.314 e. The molecule has 1 heterocycles. The Kier molecular flexibility index (Phi) is 5.50. The van der Waals surface area contributed by atoms with Crippen molar-refractivity contribution >= 4 is 11.6 Å². The van der Waals surface area contributed by atoms with Crippen molar-refractivity contribution in [1.29, 1.82) is 0 Å². The summed E-state index contributed by atoms with van der Waals surface area (Å²) >= 11 is 6.39. The third-order valence-corrected chi connectivity index (χ3v) is 5.36. The standard InChI is InChI=1S/C16H28ClN3/c1-5-12-7-8-13(9-12)15(18-6-2)10-14-11(3)19-20(4)16(14)17/h12-13,15,18H,5-10H2,1-4H3. The maximum Gasteiger partial charge on any atom is 0.130 e. The summed E-state index contributed by atoms with van der Waals surface area (Å²) in [7, 11) is 1.92. The number of aromatic nitrogens is 2. The van der Waals surface area contributed by atoms with Crippen LogP contribution in [-0.4, -0.2) is 22.4 Å². The van der Waals surface area contributed by atoms with Gasteiger partial charge < -0.3 is 5.32 Å². The summed E-state index contributed by atoms with van der Waals surface area (Å²) in [6, 6.07) is 0.539. The first-order chi connectivity index (χ1) is 9.56. The van der Waals surface area contributed by atoms with Crippen LogP contribution in [0.15, 0.2) is 0 Å². The minimum Gasteiger partial charge on any atom is -0.314 e. The molecule has 1 aromatic heterocycles. The molecule has 0 spiro atoms. The second kappa shape index (κ2) is 6.95. The van der Waals surface area contributed by atoms with Crippen LogP contribution in [0.3, 0.4) is 0 Å². The highest BCUT2D eigenvalue weighted by Crippen LogP contribution is 2.36. The average Bonchev–Trinajstić information content (AvgIpc) is 2.98. The zero-order chi connectivity index (χ0) is 14.7. The van der Waals surface area contributed by atoms with Gasteiger partial charge in [0.1, 0.15) is 5.15 Å². The van der Waals surface area contributed by atoms with E-state index in [1.54, 1.807) is 4.68 Å². The lowest BCUT2D eigenvalue weighted by Crippen LogP contribution is -2.37. The van der Waals surface area contributed by atoms with Crippen LogP contribution in [0.1, 0.15) is 50.8 Å². The number of likely N-dealkylation sites (N-methyl/N-ethyl adjacent to an activating group) is 1. The molecular weight excluding hydrogens is 270 g/mol. The quantitative estimate of drug-likeness (QED) is 0.867. The molecule has 3 unspecified atom stereocenters. The highest BCUT2D eigenvalue weighted by Gasteiger charge is 2.30. The van der Waals surface area contributed by atoms with Gasteiger partial charge in [-0.1, -0.05) is 38.3 Å². The lowest BCUT2D eigenvalue weighted by atomic mass is 9.91. The summed E-state index contributed by atoms with van der Waals surface area (Å²) in [5.41, 5.74) is 2.30. The van der Waals surface area contributed by atoms with Crippen LogP contribution in [0.4, 0.5) is 0 Å². The van der Waals surface area contributed by atoms with Crippen molar-refractivity contribution < 1.29 is 0 Å². The Labute approximate surface area is 128 Å². The maximum atomic E-state index is 6.39. The van der Waals surface area contributed by atoms with Gasteiger partial charge in [0.2, 0.25) is 0 Å². The van der Waals surface area contributed by atoms with Crippen molar-refractivity contribution in [3.05, 3.63) is 16.4 Å². The van der Waals surface area contributed by atoms with E-state index in [0.717, 1.165) is 35.6 Å². The minimum absolute atomic E-state index is 0.539. The second-order valence-corrected chi connectivity index (χ2v) is 6.55. The van der Waals surface area contributed by atoms with Gasteiger partial charge in [-0.25, -0.2) is 0 Å². The first kappa shape index (κ1) is 15.8. The lowest BCUT2D eigenvalue weighted by Gasteiger charge is -2.25. The molecule has 1 fully saturated rings. The summed E-state index contributed by atoms with van der Waals surface area (Å²) in [6.07, 6.45) is 6.44. The fourth-order valence-corrected chi connectivity index (χ4v) is 3.89. The molecule has 1 N–H and O–H groups in total. The van der Waals surface area contributed by atoms with Gasteiger partial charge >= 0.3 is 0 Å². The molecule has 1 aliphatic carbocycles. The van der Waals surface area contributed by atoms with E-state index in [2.05, 4.69) is 31.2 Å². The van der Waals surface area contributed by atoms with E-state index in [-0.39, 0.29) is 0 Å². The molecule has 0 saturated heterocycles. The zero-order valence-electron chi connectivity index (χ0n) is 13.2. The van der Waals surface area contributed by atoms with Crippen molar-refractivity contribution in [2.24, 2.45) is 18.9 Å². The molecular formula is C16H28ClN3. The number of halogens is 1. The first-order valence-corrected chi connectivity index (χ1v) is 8.35. The monoisotopic (exact) mass is 297 g/mol. The molecule has 1 aromatic rings. The van der Waals surface area contributed by atoms with E-state index >= 15 is 0 Å². The minimum atomic E-state index is 0.539. The van der Waals surface area contributed by atoms with Gasteiger partial charge in [-0.15, -0.1) is 0 Å². The van der Waals surface area contributed by atoms with Crippen LogP contribution in [0.5, 0.6) is 0 Å². The Bertz CT molecular complexity index is 441. The molecule has 0 aromatic carbocycles. The van der Waals surface area contributed by atoms with Crippen molar-refractivity contribution in [3.8, 4) is 0 Å². The Morgan fingerprint density at radius 3 is 2.65 bits per heavy atom. The van der Waals surface area contributed by atoms with Crippen molar-refractivity contribution in [3.63, 3.8) is 0 Å². The second-order valence-electron chi connectivity index (χ2n) is 6.19. The molecule has 0 radical (unpaired) electrons. The van der Waals surface area contributed by atoms with Crippen molar-refractivity contribution in [1.82, 2.24) is 15.1 Å². The van der Waals surface area contributed by atoms with Gasteiger partial charge in [-0.2, -0.15) is 5.10 Å². The number of aryl methyl sites for hydroxylation is 2. The van der Waals surface area contributed by atoms with Crippen LogP contribution < -0.4 is 5.32 Å². The van der Waals surface area contributed by atoms with Crippen LogP contribution in [0, 0.1) is 18.8 Å². The molecule has 0 aliphatic heterocycles. The van der Waals surface area contributed by atoms with E-state index in [1.807, 2.05) is 7.05 Å². The van der Waals surface area contributed by atoms with E-state index in [4.69, 9.17) is 11.6 Å². The Morgan fingerprint density at radius 1 is 1.40 bits per heavy atom. The molecule has 1 saturated carbocycles. The number of nitrogens with zero attached hydrogens (tertiary/aromatic N) is 2. The smallest absolute Gasteiger partial charge is 0.130 e. The average molecular weight is 298 g/mol. The van der Waals surface area contributed by atoms with E-state index in [1.165, 1.54) is 31.2 Å². The molecule has 0 bridgehead atoms. The first-order valence-electron chi connectivity index (χ1n) is 7.98. The van der Waals surface area contributed by atoms with E-state index in [9.17, 15) is 0 Å². The molecule has 114 valence electrons. The third-order valence-electron chi connectivity index (χ3n) is 4.89. The van der Waals surface area contributed by atoms with Crippen LogP contribution in [0.25, 0.3) is 0 Å². The fourth-order valence-electron chi connectivity index (χ4n) is 3.64. The fraction of sp³-hybridized carbons (Fsp3) is 0.812. The molecule has 3 atom stereocenters. The number of rotatable bonds is 6. The molecule has 20 heavy (non-hydrogen) atoms. The number of hydrogen-bond donors (Lipinski definition) is 1. The number of nitrogens with one attached hydrogen (secondary N) is 1. The van der Waals surface area contributed by atoms with Gasteiger partial charge in [-0.3, -0.25) is 4.68 Å². The van der Waals surface area contributed by atoms with Crippen LogP contribution >= 0.6 is 11.6 Å². The van der Waals surface area contributed by atoms with Crippen LogP contribution in [0.2, 0.25) is 5.15 Å². The molecule has 1 aliphatic rings. The van der Waals surface area contributed by atoms with Crippen molar-refractivity contribution in [2.75, 3.05) is 6.54 Å². The van der Waals surface area contributed by atoms with Crippen molar-refractivity contribution in [2.45, 2.75) is 58.9 Å². The molecule has 4 heteroatoms. The van der Waals surface area contributed by atoms with Gasteiger partial charge in [0.15, 0.2) is 0 Å². The zero-order valence-corrected chi connectivity index (χ0v) is 14.0. The van der Waals surface area contributed by atoms with Gasteiger partial charge in [-0.05, 0) is 44.6 Å². The molecule has 3 nitrogen and oxygen atoms in total. The number of hydrogen-bond acceptors (Lipinski definition) is 2. The van der Waals surface area contributed by atoms with Gasteiger partial charge in [0, 0.05) is 18.7 Å². The molecule has 0 amide bonds. The highest BCUT2D eigenvalue weighted by atomic mass is 35.5. The molecule has 2 rings (SSSR count). The third kappa shape index (κ3) is 3.37. The Morgan fingerprint density at radius 2 is 2.15 bits per heavy atom. The highest BCUT2D eigenvalue weighted by molar-refractivity contribution is 6.30. The summed E-state index contributed by atoms with van der Waals surface area (Å²) in [4.78, 5) is 0. The van der Waals surface area contributed by atoms with E-state index < -0.39 is 0 Å². The van der Waals surface area contributed by atoms with Gasteiger partial charge in [0.05, 0.1) is 5.69 Å². The maximum absolute atomic E-state index is 6.39. The van der Waals surface area contributed by atoms with E-state index in [0.29, 0.717) is 6.04 Å².